The largest absolute Gasteiger partial charge is 0.497 e. The first-order chi connectivity index (χ1) is 12.3. The number of nitrogens with zero attached hydrogens (tertiary/aromatic N) is 4. The van der Waals surface area contributed by atoms with Gasteiger partial charge in [-0.05, 0) is 43.1 Å². The predicted molar refractivity (Wildman–Crippen MR) is 99.7 cm³/mol. The van der Waals surface area contributed by atoms with Crippen molar-refractivity contribution < 1.29 is 9.26 Å². The van der Waals surface area contributed by atoms with Gasteiger partial charge in [0.15, 0.2) is 11.5 Å². The zero-order valence-corrected chi connectivity index (χ0v) is 15.4. The minimum Gasteiger partial charge on any atom is -0.497 e. The van der Waals surface area contributed by atoms with Gasteiger partial charge in [-0.1, -0.05) is 17.3 Å². The van der Waals surface area contributed by atoms with E-state index in [0.29, 0.717) is 24.2 Å². The molecule has 1 aliphatic rings. The standard InChI is InChI=1S/C18H21N5O2.ClH/c1-24-15-6-4-13(5-7-15)11-17-20-18(25-22-17)16-8-10-23(21-16)14-3-2-9-19-12-14;/h4-8,10,14,19H,2-3,9,11-12H2,1H3;1H. The molecule has 26 heavy (non-hydrogen) atoms. The maximum atomic E-state index is 5.39. The van der Waals surface area contributed by atoms with E-state index >= 15 is 0 Å². The van der Waals surface area contributed by atoms with Crippen LogP contribution in [-0.4, -0.2) is 40.1 Å². The summed E-state index contributed by atoms with van der Waals surface area (Å²) in [5, 5.41) is 12.1. The van der Waals surface area contributed by atoms with Gasteiger partial charge in [0.2, 0.25) is 0 Å². The van der Waals surface area contributed by atoms with Crippen LogP contribution in [0.15, 0.2) is 41.1 Å². The highest BCUT2D eigenvalue weighted by Gasteiger charge is 2.18. The summed E-state index contributed by atoms with van der Waals surface area (Å²) < 4.78 is 12.6. The van der Waals surface area contributed by atoms with Crippen molar-refractivity contribution in [3.05, 3.63) is 47.9 Å². The first-order valence-corrected chi connectivity index (χ1v) is 8.53. The molecule has 0 radical (unpaired) electrons. The Labute approximate surface area is 158 Å². The van der Waals surface area contributed by atoms with Crippen LogP contribution >= 0.6 is 12.4 Å². The number of hydrogen-bond donors (Lipinski definition) is 1. The lowest BCUT2D eigenvalue weighted by Crippen LogP contribution is -2.31. The molecular formula is C18H22ClN5O2. The minimum atomic E-state index is 0. The normalized spacial score (nSPS) is 16.9. The summed E-state index contributed by atoms with van der Waals surface area (Å²) in [7, 11) is 1.66. The first kappa shape index (κ1) is 18.4. The van der Waals surface area contributed by atoms with Crippen molar-refractivity contribution >= 4 is 12.4 Å². The summed E-state index contributed by atoms with van der Waals surface area (Å²) in [6.45, 7) is 2.04. The number of ether oxygens (including phenoxy) is 1. The lowest BCUT2D eigenvalue weighted by Gasteiger charge is -2.22. The van der Waals surface area contributed by atoms with Crippen LogP contribution < -0.4 is 10.1 Å². The molecule has 1 aromatic carbocycles. The molecule has 0 spiro atoms. The molecule has 0 bridgehead atoms. The Morgan fingerprint density at radius 3 is 2.85 bits per heavy atom. The Hall–Kier alpha value is -2.38. The van der Waals surface area contributed by atoms with Gasteiger partial charge in [-0.2, -0.15) is 10.1 Å². The average Bonchev–Trinajstić information content (AvgIpc) is 3.32. The highest BCUT2D eigenvalue weighted by atomic mass is 35.5. The van der Waals surface area contributed by atoms with Gasteiger partial charge in [-0.3, -0.25) is 4.68 Å². The van der Waals surface area contributed by atoms with E-state index in [9.17, 15) is 0 Å². The fraction of sp³-hybridized carbons (Fsp3) is 0.389. The Balaban J connectivity index is 0.00000196. The monoisotopic (exact) mass is 375 g/mol. The molecule has 8 heteroatoms. The van der Waals surface area contributed by atoms with Crippen molar-refractivity contribution in [3.63, 3.8) is 0 Å². The number of rotatable bonds is 5. The molecule has 3 heterocycles. The zero-order valence-electron chi connectivity index (χ0n) is 14.6. The number of aromatic nitrogens is 4. The first-order valence-electron chi connectivity index (χ1n) is 8.53. The maximum absolute atomic E-state index is 5.39. The summed E-state index contributed by atoms with van der Waals surface area (Å²) in [5.41, 5.74) is 1.83. The van der Waals surface area contributed by atoms with Gasteiger partial charge in [-0.15, -0.1) is 12.4 Å². The SMILES string of the molecule is COc1ccc(Cc2noc(-c3ccn(C4CCCNC4)n3)n2)cc1.Cl. The highest BCUT2D eigenvalue weighted by Crippen LogP contribution is 2.21. The number of halogens is 1. The Morgan fingerprint density at radius 1 is 1.27 bits per heavy atom. The molecule has 4 rings (SSSR count). The van der Waals surface area contributed by atoms with E-state index in [2.05, 4.69) is 20.6 Å². The van der Waals surface area contributed by atoms with Crippen LogP contribution in [0.4, 0.5) is 0 Å². The predicted octanol–water partition coefficient (Wildman–Crippen LogP) is 2.88. The number of piperidine rings is 1. The maximum Gasteiger partial charge on any atom is 0.278 e. The van der Waals surface area contributed by atoms with Gasteiger partial charge in [0.1, 0.15) is 5.75 Å². The van der Waals surface area contributed by atoms with E-state index in [1.165, 1.54) is 6.42 Å². The summed E-state index contributed by atoms with van der Waals surface area (Å²) in [6, 6.07) is 10.2. The van der Waals surface area contributed by atoms with Crippen LogP contribution in [0.2, 0.25) is 0 Å². The second-order valence-electron chi connectivity index (χ2n) is 6.22. The number of benzene rings is 1. The van der Waals surface area contributed by atoms with Crippen LogP contribution in [0.25, 0.3) is 11.6 Å². The Bertz CT molecular complexity index is 824. The molecule has 3 aromatic rings. The summed E-state index contributed by atoms with van der Waals surface area (Å²) in [4.78, 5) is 4.48. The molecule has 0 aliphatic carbocycles. The van der Waals surface area contributed by atoms with Gasteiger partial charge in [-0.25, -0.2) is 0 Å². The molecular weight excluding hydrogens is 354 g/mol. The van der Waals surface area contributed by atoms with Gasteiger partial charge < -0.3 is 14.6 Å². The third-order valence-corrected chi connectivity index (χ3v) is 4.46. The molecule has 1 aliphatic heterocycles. The second kappa shape index (κ2) is 8.33. The lowest BCUT2D eigenvalue weighted by molar-refractivity contribution is 0.346. The van der Waals surface area contributed by atoms with Crippen LogP contribution in [0.3, 0.4) is 0 Å². The fourth-order valence-electron chi connectivity index (χ4n) is 3.07. The molecule has 1 fully saturated rings. The van der Waals surface area contributed by atoms with Crippen molar-refractivity contribution in [2.45, 2.75) is 25.3 Å². The summed E-state index contributed by atoms with van der Waals surface area (Å²) in [5.74, 6) is 1.94. The third-order valence-electron chi connectivity index (χ3n) is 4.46. The van der Waals surface area contributed by atoms with Gasteiger partial charge >= 0.3 is 0 Å². The summed E-state index contributed by atoms with van der Waals surface area (Å²) >= 11 is 0. The third kappa shape index (κ3) is 4.05. The van der Waals surface area contributed by atoms with E-state index in [4.69, 9.17) is 9.26 Å². The molecule has 138 valence electrons. The smallest absolute Gasteiger partial charge is 0.278 e. The second-order valence-corrected chi connectivity index (χ2v) is 6.22. The van der Waals surface area contributed by atoms with Crippen molar-refractivity contribution in [1.82, 2.24) is 25.2 Å². The van der Waals surface area contributed by atoms with E-state index < -0.39 is 0 Å². The average molecular weight is 376 g/mol. The Kier molecular flexibility index (Phi) is 5.90. The lowest BCUT2D eigenvalue weighted by atomic mass is 10.1. The molecule has 7 nitrogen and oxygen atoms in total. The molecule has 1 atom stereocenters. The zero-order chi connectivity index (χ0) is 17.1. The molecule has 2 aromatic heterocycles. The van der Waals surface area contributed by atoms with E-state index in [-0.39, 0.29) is 12.4 Å². The van der Waals surface area contributed by atoms with Crippen LogP contribution in [-0.2, 0) is 6.42 Å². The van der Waals surface area contributed by atoms with Gasteiger partial charge in [0.05, 0.1) is 13.2 Å². The molecule has 0 amide bonds. The van der Waals surface area contributed by atoms with Gasteiger partial charge in [0, 0.05) is 19.2 Å². The van der Waals surface area contributed by atoms with E-state index in [1.807, 2.05) is 41.2 Å². The summed E-state index contributed by atoms with van der Waals surface area (Å²) in [6.07, 6.45) is 4.91. The molecule has 1 N–H and O–H groups in total. The van der Waals surface area contributed by atoms with Crippen LogP contribution in [0.5, 0.6) is 5.75 Å². The van der Waals surface area contributed by atoms with Crippen LogP contribution in [0, 0.1) is 0 Å². The molecule has 1 unspecified atom stereocenters. The Morgan fingerprint density at radius 2 is 2.12 bits per heavy atom. The van der Waals surface area contributed by atoms with Crippen molar-refractivity contribution in [2.75, 3.05) is 20.2 Å². The van der Waals surface area contributed by atoms with Gasteiger partial charge in [0.25, 0.3) is 5.89 Å². The van der Waals surface area contributed by atoms with E-state index in [1.54, 1.807) is 7.11 Å². The minimum absolute atomic E-state index is 0. The van der Waals surface area contributed by atoms with Crippen LogP contribution in [0.1, 0.15) is 30.3 Å². The van der Waals surface area contributed by atoms with E-state index in [0.717, 1.165) is 36.5 Å². The quantitative estimate of drug-likeness (QED) is 0.738. The highest BCUT2D eigenvalue weighted by molar-refractivity contribution is 5.85. The number of hydrogen-bond acceptors (Lipinski definition) is 6. The van der Waals surface area contributed by atoms with Crippen molar-refractivity contribution in [2.24, 2.45) is 0 Å². The fourth-order valence-corrected chi connectivity index (χ4v) is 3.07. The van der Waals surface area contributed by atoms with Crippen molar-refractivity contribution in [3.8, 4) is 17.3 Å². The molecule has 0 saturated carbocycles. The number of nitrogens with one attached hydrogen (secondary N) is 1. The molecule has 1 saturated heterocycles. The topological polar surface area (TPSA) is 78.0 Å². The van der Waals surface area contributed by atoms with Crippen molar-refractivity contribution in [1.29, 1.82) is 0 Å². The number of methoxy groups -OCH3 is 1.